The Kier molecular flexibility index (Phi) is 5.62. The fourth-order valence-corrected chi connectivity index (χ4v) is 4.61. The number of benzene rings is 2. The summed E-state index contributed by atoms with van der Waals surface area (Å²) in [5.74, 6) is -0.112. The van der Waals surface area contributed by atoms with Crippen molar-refractivity contribution >= 4 is 50.9 Å². The summed E-state index contributed by atoms with van der Waals surface area (Å²) >= 11 is 9.23. The molecule has 6 heteroatoms. The summed E-state index contributed by atoms with van der Waals surface area (Å²) in [6.07, 6.45) is 1.94. The largest absolute Gasteiger partial charge is 0.318 e. The average Bonchev–Trinajstić information content (AvgIpc) is 3.13. The number of hydrogen-bond donors (Lipinski definition) is 0. The molecular weight excluding hydrogens is 470 g/mol. The van der Waals surface area contributed by atoms with Gasteiger partial charge < -0.3 is 9.47 Å². The Morgan fingerprint density at radius 1 is 0.935 bits per heavy atom. The maximum Gasteiger partial charge on any atom is 0.281 e. The zero-order valence-electron chi connectivity index (χ0n) is 18.2. The number of thiocarbonyl (C=S) groups is 1. The molecule has 1 amide bonds. The lowest BCUT2D eigenvalue weighted by Crippen LogP contribution is -2.30. The third kappa shape index (κ3) is 3.64. The molecule has 4 nitrogen and oxygen atoms in total. The number of carbonyl (C=O) groups is 1. The van der Waals surface area contributed by atoms with Crippen LogP contribution < -0.4 is 4.90 Å². The Bertz CT molecular complexity index is 1220. The zero-order chi connectivity index (χ0) is 22.4. The maximum atomic E-state index is 13.2. The molecule has 0 bridgehead atoms. The lowest BCUT2D eigenvalue weighted by molar-refractivity contribution is -0.114. The van der Waals surface area contributed by atoms with Crippen molar-refractivity contribution in [2.45, 2.75) is 27.7 Å². The van der Waals surface area contributed by atoms with Gasteiger partial charge in [-0.25, -0.2) is 0 Å². The van der Waals surface area contributed by atoms with Gasteiger partial charge in [0.1, 0.15) is 5.70 Å². The smallest absolute Gasteiger partial charge is 0.281 e. The Morgan fingerprint density at radius 2 is 1.55 bits per heavy atom. The quantitative estimate of drug-likeness (QED) is 0.327. The Morgan fingerprint density at radius 3 is 2.16 bits per heavy atom. The van der Waals surface area contributed by atoms with Crippen LogP contribution in [0.1, 0.15) is 28.1 Å². The summed E-state index contributed by atoms with van der Waals surface area (Å²) in [5.41, 5.74) is 8.04. The van der Waals surface area contributed by atoms with E-state index in [1.54, 1.807) is 9.80 Å². The van der Waals surface area contributed by atoms with Gasteiger partial charge in [0.15, 0.2) is 5.11 Å². The summed E-state index contributed by atoms with van der Waals surface area (Å²) in [7, 11) is 1.84. The number of anilines is 1. The van der Waals surface area contributed by atoms with Crippen molar-refractivity contribution in [3.8, 4) is 5.69 Å². The Balaban J connectivity index is 1.77. The number of likely N-dealkylation sites (N-methyl/N-ethyl adjacent to an activating group) is 1. The number of nitrogens with zero attached hydrogens (tertiary/aromatic N) is 3. The highest BCUT2D eigenvalue weighted by Crippen LogP contribution is 2.31. The highest BCUT2D eigenvalue weighted by molar-refractivity contribution is 9.10. The molecule has 0 atom stereocenters. The normalized spacial score (nSPS) is 15.5. The third-order valence-corrected chi connectivity index (χ3v) is 7.43. The molecule has 1 fully saturated rings. The van der Waals surface area contributed by atoms with Crippen LogP contribution in [0.2, 0.25) is 0 Å². The van der Waals surface area contributed by atoms with Crippen molar-refractivity contribution in [1.29, 1.82) is 0 Å². The third-order valence-electron chi connectivity index (χ3n) is 5.72. The number of aryl methyl sites for hydroxylation is 3. The molecule has 0 unspecified atom stereocenters. The van der Waals surface area contributed by atoms with Crippen molar-refractivity contribution in [3.05, 3.63) is 86.8 Å². The van der Waals surface area contributed by atoms with Crippen LogP contribution >= 0.6 is 28.1 Å². The van der Waals surface area contributed by atoms with Gasteiger partial charge in [0.25, 0.3) is 5.91 Å². The van der Waals surface area contributed by atoms with Gasteiger partial charge in [-0.1, -0.05) is 34.1 Å². The predicted octanol–water partition coefficient (Wildman–Crippen LogP) is 6.08. The molecule has 2 heterocycles. The number of carbonyl (C=O) groups excluding carboxylic acids is 1. The monoisotopic (exact) mass is 493 g/mol. The molecule has 0 saturated carbocycles. The fourth-order valence-electron chi connectivity index (χ4n) is 4.09. The molecule has 31 heavy (non-hydrogen) atoms. The van der Waals surface area contributed by atoms with Gasteiger partial charge in [-0.15, -0.1) is 0 Å². The zero-order valence-corrected chi connectivity index (χ0v) is 20.6. The van der Waals surface area contributed by atoms with Crippen molar-refractivity contribution in [2.24, 2.45) is 0 Å². The van der Waals surface area contributed by atoms with Crippen LogP contribution in [0.5, 0.6) is 0 Å². The second kappa shape index (κ2) is 8.09. The average molecular weight is 494 g/mol. The molecular formula is C25H24BrN3OS. The van der Waals surface area contributed by atoms with E-state index >= 15 is 0 Å². The van der Waals surface area contributed by atoms with Crippen LogP contribution in [-0.2, 0) is 4.79 Å². The lowest BCUT2D eigenvalue weighted by atomic mass is 10.1. The number of hydrogen-bond acceptors (Lipinski definition) is 2. The minimum atomic E-state index is -0.112. The van der Waals surface area contributed by atoms with E-state index in [2.05, 4.69) is 66.4 Å². The molecule has 1 aromatic heterocycles. The maximum absolute atomic E-state index is 13.2. The van der Waals surface area contributed by atoms with Crippen molar-refractivity contribution in [2.75, 3.05) is 11.9 Å². The fraction of sp³-hybridized carbons (Fsp3) is 0.200. The number of aromatic nitrogens is 1. The van der Waals surface area contributed by atoms with E-state index in [1.807, 2.05) is 43.5 Å². The summed E-state index contributed by atoms with van der Waals surface area (Å²) in [6, 6.07) is 16.0. The minimum absolute atomic E-state index is 0.112. The van der Waals surface area contributed by atoms with E-state index in [1.165, 1.54) is 11.1 Å². The van der Waals surface area contributed by atoms with E-state index in [9.17, 15) is 4.79 Å². The molecule has 1 aliphatic rings. The Labute approximate surface area is 196 Å². The van der Waals surface area contributed by atoms with Crippen LogP contribution in [-0.4, -0.2) is 27.5 Å². The molecule has 2 aromatic carbocycles. The van der Waals surface area contributed by atoms with E-state index in [4.69, 9.17) is 12.2 Å². The van der Waals surface area contributed by atoms with Gasteiger partial charge in [0.2, 0.25) is 0 Å². The first-order valence-electron chi connectivity index (χ1n) is 10.1. The molecule has 0 radical (unpaired) electrons. The van der Waals surface area contributed by atoms with Gasteiger partial charge in [-0.3, -0.25) is 9.69 Å². The standard InChI is InChI=1S/C25H24BrN3OS/c1-15-11-21(12-16(2)23(15)26)28-17(3)13-19(18(28)4)14-22-24(30)29(25(31)27(22)5)20-9-7-6-8-10-20/h6-14H,1-5H3/b22-14-. The summed E-state index contributed by atoms with van der Waals surface area (Å²) in [5, 5.41) is 0.482. The number of amides is 1. The topological polar surface area (TPSA) is 28.5 Å². The highest BCUT2D eigenvalue weighted by atomic mass is 79.9. The van der Waals surface area contributed by atoms with E-state index in [0.717, 1.165) is 32.8 Å². The van der Waals surface area contributed by atoms with Crippen LogP contribution in [0.3, 0.4) is 0 Å². The second-order valence-corrected chi connectivity index (χ2v) is 9.06. The molecule has 1 aliphatic heterocycles. The van der Waals surface area contributed by atoms with Crippen LogP contribution in [0.15, 0.2) is 58.7 Å². The van der Waals surface area contributed by atoms with Crippen LogP contribution in [0.25, 0.3) is 11.8 Å². The number of halogens is 1. The molecule has 3 aromatic rings. The molecule has 158 valence electrons. The first-order valence-corrected chi connectivity index (χ1v) is 11.3. The Hall–Kier alpha value is -2.70. The SMILES string of the molecule is Cc1cc(-n2c(C)cc(/C=C3/C(=O)N(c4ccccc4)C(=S)N3C)c2C)cc(C)c1Br. The summed E-state index contributed by atoms with van der Waals surface area (Å²) < 4.78 is 3.36. The predicted molar refractivity (Wildman–Crippen MR) is 135 cm³/mol. The van der Waals surface area contributed by atoms with Crippen molar-refractivity contribution in [1.82, 2.24) is 9.47 Å². The minimum Gasteiger partial charge on any atom is -0.318 e. The van der Waals surface area contributed by atoms with Gasteiger partial charge >= 0.3 is 0 Å². The number of rotatable bonds is 3. The van der Waals surface area contributed by atoms with E-state index in [0.29, 0.717) is 10.8 Å². The first-order chi connectivity index (χ1) is 14.7. The molecule has 0 spiro atoms. The molecule has 0 N–H and O–H groups in total. The molecule has 1 saturated heterocycles. The second-order valence-electron chi connectivity index (χ2n) is 7.90. The van der Waals surface area contributed by atoms with Crippen LogP contribution in [0.4, 0.5) is 5.69 Å². The van der Waals surface area contributed by atoms with Crippen molar-refractivity contribution < 1.29 is 4.79 Å². The van der Waals surface area contributed by atoms with E-state index in [-0.39, 0.29) is 5.91 Å². The van der Waals surface area contributed by atoms with Gasteiger partial charge in [0.05, 0.1) is 5.69 Å². The van der Waals surface area contributed by atoms with Gasteiger partial charge in [0, 0.05) is 28.6 Å². The van der Waals surface area contributed by atoms with Gasteiger partial charge in [-0.2, -0.15) is 0 Å². The summed E-state index contributed by atoms with van der Waals surface area (Å²) in [4.78, 5) is 16.6. The lowest BCUT2D eigenvalue weighted by Gasteiger charge is -2.16. The first kappa shape index (κ1) is 21.5. The molecule has 0 aliphatic carbocycles. The van der Waals surface area contributed by atoms with Crippen LogP contribution in [0, 0.1) is 27.7 Å². The molecule has 4 rings (SSSR count). The van der Waals surface area contributed by atoms with Gasteiger partial charge in [-0.05, 0) is 93.0 Å². The summed E-state index contributed by atoms with van der Waals surface area (Å²) in [6.45, 7) is 8.37. The van der Waals surface area contributed by atoms with E-state index < -0.39 is 0 Å². The highest BCUT2D eigenvalue weighted by Gasteiger charge is 2.36. The number of para-hydroxylation sites is 1. The van der Waals surface area contributed by atoms with Crippen molar-refractivity contribution in [3.63, 3.8) is 0 Å².